The summed E-state index contributed by atoms with van der Waals surface area (Å²) in [7, 11) is 0. The van der Waals surface area contributed by atoms with E-state index in [0.29, 0.717) is 25.0 Å². The topological polar surface area (TPSA) is 38.8 Å². The molecule has 1 aliphatic carbocycles. The van der Waals surface area contributed by atoms with Gasteiger partial charge >= 0.3 is 0 Å². The van der Waals surface area contributed by atoms with Crippen molar-refractivity contribution in [2.24, 2.45) is 5.92 Å². The Bertz CT molecular complexity index is 1330. The van der Waals surface area contributed by atoms with E-state index in [9.17, 15) is 4.79 Å². The van der Waals surface area contributed by atoms with Crippen molar-refractivity contribution in [1.29, 1.82) is 0 Å². The number of carbonyl (C=O) groups is 1. The normalized spacial score (nSPS) is 17.1. The molecule has 2 aliphatic rings. The first-order valence-corrected chi connectivity index (χ1v) is 14.3. The molecule has 196 valence electrons. The molecular weight excluding hydrogens is 538 g/mol. The first-order chi connectivity index (χ1) is 18.6. The lowest BCUT2D eigenvalue weighted by Crippen LogP contribution is -2.39. The molecule has 0 spiro atoms. The van der Waals surface area contributed by atoms with Crippen LogP contribution in [0.15, 0.2) is 71.2 Å². The van der Waals surface area contributed by atoms with Gasteiger partial charge in [-0.3, -0.25) is 4.79 Å². The number of benzene rings is 3. The Labute approximate surface area is 234 Å². The zero-order valence-corrected chi connectivity index (χ0v) is 23.6. The Hall–Kier alpha value is -3.31. The second-order valence-electron chi connectivity index (χ2n) is 9.81. The van der Waals surface area contributed by atoms with E-state index in [2.05, 4.69) is 70.5 Å². The molecule has 38 heavy (non-hydrogen) atoms. The average molecular weight is 573 g/mol. The Morgan fingerprint density at radius 3 is 2.24 bits per heavy atom. The van der Waals surface area contributed by atoms with Crippen LogP contribution in [0, 0.1) is 5.92 Å². The van der Waals surface area contributed by atoms with Gasteiger partial charge in [-0.1, -0.05) is 58.4 Å². The van der Waals surface area contributed by atoms with E-state index in [4.69, 9.17) is 9.47 Å². The smallest absolute Gasteiger partial charge is 0.246 e. The van der Waals surface area contributed by atoms with Crippen LogP contribution in [-0.4, -0.2) is 37.1 Å². The number of rotatable bonds is 7. The molecule has 1 amide bonds. The minimum Gasteiger partial charge on any atom is -0.494 e. The number of piperidine rings is 1. The predicted molar refractivity (Wildman–Crippen MR) is 158 cm³/mol. The largest absolute Gasteiger partial charge is 0.494 e. The summed E-state index contributed by atoms with van der Waals surface area (Å²) in [6.07, 6.45) is 9.96. The molecule has 3 aromatic rings. The van der Waals surface area contributed by atoms with Crippen LogP contribution in [0.3, 0.4) is 0 Å². The fourth-order valence-corrected chi connectivity index (χ4v) is 6.06. The molecule has 1 atom stereocenters. The quantitative estimate of drug-likeness (QED) is 0.271. The van der Waals surface area contributed by atoms with Gasteiger partial charge in [0.25, 0.3) is 0 Å². The van der Waals surface area contributed by atoms with Gasteiger partial charge in [0.15, 0.2) is 0 Å². The highest BCUT2D eigenvalue weighted by Gasteiger charge is 2.32. The van der Waals surface area contributed by atoms with E-state index < -0.39 is 0 Å². The number of fused-ring (bicyclic) bond motifs is 2. The van der Waals surface area contributed by atoms with Crippen molar-refractivity contribution in [2.75, 3.05) is 26.3 Å². The van der Waals surface area contributed by atoms with Gasteiger partial charge in [0.1, 0.15) is 11.5 Å². The Balaban J connectivity index is 1.31. The molecular formula is C33H34BrNO3. The molecule has 0 radical (unpaired) electrons. The van der Waals surface area contributed by atoms with E-state index in [1.165, 1.54) is 22.3 Å². The maximum Gasteiger partial charge on any atom is 0.246 e. The lowest BCUT2D eigenvalue weighted by Gasteiger charge is -2.37. The van der Waals surface area contributed by atoms with Gasteiger partial charge in [-0.25, -0.2) is 0 Å². The maximum atomic E-state index is 13.1. The summed E-state index contributed by atoms with van der Waals surface area (Å²) in [5.74, 6) is 2.32. The van der Waals surface area contributed by atoms with Gasteiger partial charge in [0.2, 0.25) is 5.91 Å². The van der Waals surface area contributed by atoms with Gasteiger partial charge < -0.3 is 14.4 Å². The summed E-state index contributed by atoms with van der Waals surface area (Å²) < 4.78 is 12.5. The van der Waals surface area contributed by atoms with Crippen molar-refractivity contribution in [3.63, 3.8) is 0 Å². The van der Waals surface area contributed by atoms with Crippen molar-refractivity contribution >= 4 is 40.1 Å². The third-order valence-corrected chi connectivity index (χ3v) is 7.92. The number of likely N-dealkylation sites (tertiary alicyclic amines) is 1. The molecule has 1 fully saturated rings. The summed E-state index contributed by atoms with van der Waals surface area (Å²) in [6, 6.07) is 21.1. The van der Waals surface area contributed by atoms with Crippen LogP contribution >= 0.6 is 15.9 Å². The molecule has 1 heterocycles. The SMILES string of the molecule is CCOc1cc(/C=C/C(=O)N2CCC(C3c4ccccc4C=Cc4ccc(Br)cc43)CC2)cc(OCC)c1. The number of nitrogens with zero attached hydrogens (tertiary/aromatic N) is 1. The van der Waals surface area contributed by atoms with E-state index in [0.717, 1.165) is 47.5 Å². The van der Waals surface area contributed by atoms with Crippen LogP contribution in [0.2, 0.25) is 0 Å². The van der Waals surface area contributed by atoms with Crippen molar-refractivity contribution in [3.8, 4) is 11.5 Å². The van der Waals surface area contributed by atoms with Crippen LogP contribution in [0.1, 0.15) is 60.4 Å². The minimum absolute atomic E-state index is 0.0503. The van der Waals surface area contributed by atoms with Crippen LogP contribution in [0.4, 0.5) is 0 Å². The minimum atomic E-state index is 0.0503. The van der Waals surface area contributed by atoms with Gasteiger partial charge in [0, 0.05) is 35.6 Å². The monoisotopic (exact) mass is 571 g/mol. The molecule has 1 aliphatic heterocycles. The highest BCUT2D eigenvalue weighted by molar-refractivity contribution is 9.10. The first-order valence-electron chi connectivity index (χ1n) is 13.5. The number of amides is 1. The van der Waals surface area contributed by atoms with Crippen LogP contribution in [0.25, 0.3) is 18.2 Å². The first kappa shape index (κ1) is 26.3. The van der Waals surface area contributed by atoms with Crippen molar-refractivity contribution < 1.29 is 14.3 Å². The van der Waals surface area contributed by atoms with Crippen molar-refractivity contribution in [1.82, 2.24) is 4.90 Å². The van der Waals surface area contributed by atoms with Gasteiger partial charge in [0.05, 0.1) is 13.2 Å². The van der Waals surface area contributed by atoms with Crippen molar-refractivity contribution in [3.05, 3.63) is 99.0 Å². The number of hydrogen-bond donors (Lipinski definition) is 0. The predicted octanol–water partition coefficient (Wildman–Crippen LogP) is 7.81. The summed E-state index contributed by atoms with van der Waals surface area (Å²) in [4.78, 5) is 15.1. The van der Waals surface area contributed by atoms with E-state index in [1.807, 2.05) is 43.0 Å². The third-order valence-electron chi connectivity index (χ3n) is 7.42. The fourth-order valence-electron chi connectivity index (χ4n) is 5.68. The highest BCUT2D eigenvalue weighted by atomic mass is 79.9. The summed E-state index contributed by atoms with van der Waals surface area (Å²) in [6.45, 7) is 6.58. The van der Waals surface area contributed by atoms with Gasteiger partial charge in [-0.2, -0.15) is 0 Å². The van der Waals surface area contributed by atoms with Gasteiger partial charge in [-0.05, 0) is 90.8 Å². The summed E-state index contributed by atoms with van der Waals surface area (Å²) in [5.41, 5.74) is 6.20. The second-order valence-corrected chi connectivity index (χ2v) is 10.7. The maximum absolute atomic E-state index is 13.1. The number of hydrogen-bond acceptors (Lipinski definition) is 3. The molecule has 5 rings (SSSR count). The second kappa shape index (κ2) is 12.0. The standard InChI is InChI=1S/C33H34BrNO3/c1-3-37-28-19-23(20-29(22-28)38-4-2)9-14-32(36)35-17-15-26(16-18-35)33-30-8-6-5-7-24(30)10-11-25-12-13-27(34)21-31(25)33/h5-14,19-22,26,33H,3-4,15-18H2,1-2H3/b14-9+. The Morgan fingerprint density at radius 2 is 1.55 bits per heavy atom. The fraction of sp³-hybridized carbons (Fsp3) is 0.303. The molecule has 1 unspecified atom stereocenters. The average Bonchev–Trinajstić information content (AvgIpc) is 3.08. The summed E-state index contributed by atoms with van der Waals surface area (Å²) >= 11 is 3.70. The number of ether oxygens (including phenoxy) is 2. The summed E-state index contributed by atoms with van der Waals surface area (Å²) in [5, 5.41) is 0. The van der Waals surface area contributed by atoms with Crippen LogP contribution in [-0.2, 0) is 4.79 Å². The molecule has 0 bridgehead atoms. The molecule has 4 nitrogen and oxygen atoms in total. The lowest BCUT2D eigenvalue weighted by atomic mass is 9.74. The lowest BCUT2D eigenvalue weighted by molar-refractivity contribution is -0.127. The Morgan fingerprint density at radius 1 is 0.895 bits per heavy atom. The molecule has 3 aromatic carbocycles. The molecule has 1 saturated heterocycles. The number of halogens is 1. The van der Waals surface area contributed by atoms with Crippen LogP contribution < -0.4 is 9.47 Å². The van der Waals surface area contributed by atoms with Crippen molar-refractivity contribution in [2.45, 2.75) is 32.6 Å². The zero-order valence-electron chi connectivity index (χ0n) is 22.0. The molecule has 0 N–H and O–H groups in total. The highest BCUT2D eigenvalue weighted by Crippen LogP contribution is 2.44. The van der Waals surface area contributed by atoms with Crippen LogP contribution in [0.5, 0.6) is 11.5 Å². The zero-order chi connectivity index (χ0) is 26.5. The molecule has 5 heteroatoms. The third kappa shape index (κ3) is 5.88. The van der Waals surface area contributed by atoms with E-state index in [1.54, 1.807) is 6.08 Å². The van der Waals surface area contributed by atoms with Gasteiger partial charge in [-0.15, -0.1) is 0 Å². The molecule has 0 aromatic heterocycles. The van der Waals surface area contributed by atoms with E-state index >= 15 is 0 Å². The van der Waals surface area contributed by atoms with E-state index in [-0.39, 0.29) is 5.91 Å². The Kier molecular flexibility index (Phi) is 8.33. The number of carbonyl (C=O) groups excluding carboxylic acids is 1. The molecule has 0 saturated carbocycles.